The lowest BCUT2D eigenvalue weighted by Crippen LogP contribution is -2.47. The molecular formula is C22H23N3O5S. The van der Waals surface area contributed by atoms with Gasteiger partial charge in [-0.3, -0.25) is 4.79 Å². The molecule has 2 aromatic carbocycles. The van der Waals surface area contributed by atoms with Gasteiger partial charge in [0.05, 0.1) is 0 Å². The van der Waals surface area contributed by atoms with Crippen molar-refractivity contribution in [3.63, 3.8) is 0 Å². The largest absolute Gasteiger partial charge is 0.454 e. The van der Waals surface area contributed by atoms with Gasteiger partial charge in [0.2, 0.25) is 12.7 Å². The van der Waals surface area contributed by atoms with E-state index >= 15 is 0 Å². The molecule has 0 aliphatic carbocycles. The number of amides is 1. The predicted molar refractivity (Wildman–Crippen MR) is 114 cm³/mol. The number of amidine groups is 1. The summed E-state index contributed by atoms with van der Waals surface area (Å²) in [6.07, 6.45) is 1.47. The zero-order chi connectivity index (χ0) is 21.6. The third-order valence-corrected chi connectivity index (χ3v) is 7.25. The van der Waals surface area contributed by atoms with Crippen LogP contribution >= 0.6 is 0 Å². The quantitative estimate of drug-likeness (QED) is 0.724. The number of carbonyl (C=O) groups is 1. The van der Waals surface area contributed by atoms with Crippen molar-refractivity contribution in [3.8, 4) is 11.5 Å². The van der Waals surface area contributed by atoms with Gasteiger partial charge in [-0.1, -0.05) is 18.2 Å². The van der Waals surface area contributed by atoms with Crippen LogP contribution in [0, 0.1) is 0 Å². The van der Waals surface area contributed by atoms with Crippen molar-refractivity contribution < 1.29 is 22.7 Å². The van der Waals surface area contributed by atoms with Gasteiger partial charge in [0.25, 0.3) is 10.0 Å². The molecule has 162 valence electrons. The van der Waals surface area contributed by atoms with Crippen LogP contribution in [0.2, 0.25) is 0 Å². The maximum absolute atomic E-state index is 13.5. The van der Waals surface area contributed by atoms with Crippen LogP contribution in [0.15, 0.2) is 51.8 Å². The van der Waals surface area contributed by atoms with E-state index in [2.05, 4.69) is 4.40 Å². The topological polar surface area (TPSA) is 88.5 Å². The number of benzene rings is 2. The molecule has 31 heavy (non-hydrogen) atoms. The number of ether oxygens (including phenoxy) is 2. The predicted octanol–water partition coefficient (Wildman–Crippen LogP) is 2.38. The number of likely N-dealkylation sites (N-methyl/N-ethyl adjacent to an activating group) is 1. The number of fused-ring (bicyclic) bond motifs is 2. The van der Waals surface area contributed by atoms with Crippen molar-refractivity contribution in [3.05, 3.63) is 53.6 Å². The molecule has 3 heterocycles. The summed E-state index contributed by atoms with van der Waals surface area (Å²) in [6.45, 7) is 3.73. The molecule has 0 N–H and O–H groups in total. The van der Waals surface area contributed by atoms with Gasteiger partial charge in [-0.2, -0.15) is 8.42 Å². The second kappa shape index (κ2) is 7.56. The molecule has 8 nitrogen and oxygen atoms in total. The van der Waals surface area contributed by atoms with Crippen LogP contribution in [-0.4, -0.2) is 55.9 Å². The molecule has 0 unspecified atom stereocenters. The molecule has 3 aliphatic heterocycles. The molecule has 0 saturated carbocycles. The van der Waals surface area contributed by atoms with E-state index in [1.54, 1.807) is 29.2 Å². The van der Waals surface area contributed by atoms with Gasteiger partial charge in [0.15, 0.2) is 17.3 Å². The summed E-state index contributed by atoms with van der Waals surface area (Å²) < 4.78 is 39.8. The Kier molecular flexibility index (Phi) is 4.85. The average molecular weight is 442 g/mol. The lowest BCUT2D eigenvalue weighted by Gasteiger charge is -2.31. The van der Waals surface area contributed by atoms with E-state index in [9.17, 15) is 13.2 Å². The Morgan fingerprint density at radius 2 is 2.00 bits per heavy atom. The van der Waals surface area contributed by atoms with Crippen LogP contribution in [0.25, 0.3) is 0 Å². The summed E-state index contributed by atoms with van der Waals surface area (Å²) in [6, 6.07) is 12.0. The molecule has 1 saturated heterocycles. The first-order valence-corrected chi connectivity index (χ1v) is 11.8. The van der Waals surface area contributed by atoms with Gasteiger partial charge in [-0.25, -0.2) is 0 Å². The smallest absolute Gasteiger partial charge is 0.285 e. The molecule has 1 amide bonds. The molecule has 3 aliphatic rings. The monoisotopic (exact) mass is 441 g/mol. The van der Waals surface area contributed by atoms with Gasteiger partial charge in [0, 0.05) is 25.2 Å². The highest BCUT2D eigenvalue weighted by Gasteiger charge is 2.40. The molecule has 0 spiro atoms. The molecule has 1 fully saturated rings. The van der Waals surface area contributed by atoms with E-state index in [4.69, 9.17) is 9.47 Å². The second-order valence-electron chi connectivity index (χ2n) is 7.78. The molecular weight excluding hydrogens is 418 g/mol. The number of carbonyl (C=O) groups excluding carboxylic acids is 1. The zero-order valence-electron chi connectivity index (χ0n) is 17.2. The van der Waals surface area contributed by atoms with E-state index < -0.39 is 16.1 Å². The maximum atomic E-state index is 13.5. The van der Waals surface area contributed by atoms with Crippen LogP contribution in [-0.2, 0) is 21.4 Å². The molecule has 9 heteroatoms. The molecule has 0 bridgehead atoms. The number of hydrogen-bond acceptors (Lipinski definition) is 6. The maximum Gasteiger partial charge on any atom is 0.285 e. The van der Waals surface area contributed by atoms with Crippen LogP contribution in [0.3, 0.4) is 0 Å². The highest BCUT2D eigenvalue weighted by atomic mass is 32.2. The number of rotatable bonds is 4. The van der Waals surface area contributed by atoms with Crippen LogP contribution in [0.1, 0.15) is 30.9 Å². The Morgan fingerprint density at radius 1 is 1.19 bits per heavy atom. The normalized spacial score (nSPS) is 20.5. The van der Waals surface area contributed by atoms with Crippen molar-refractivity contribution >= 4 is 21.8 Å². The van der Waals surface area contributed by atoms with Crippen LogP contribution in [0.5, 0.6) is 11.5 Å². The minimum absolute atomic E-state index is 0.0258. The summed E-state index contributed by atoms with van der Waals surface area (Å²) in [5.74, 6) is 1.75. The van der Waals surface area contributed by atoms with Crippen LogP contribution < -0.4 is 9.47 Å². The highest BCUT2D eigenvalue weighted by molar-refractivity contribution is 7.90. The van der Waals surface area contributed by atoms with Crippen LogP contribution in [0.4, 0.5) is 0 Å². The Labute approximate surface area is 181 Å². The zero-order valence-corrected chi connectivity index (χ0v) is 18.0. The number of hydrogen-bond donors (Lipinski definition) is 0. The van der Waals surface area contributed by atoms with Crippen molar-refractivity contribution in [2.45, 2.75) is 37.2 Å². The van der Waals surface area contributed by atoms with Gasteiger partial charge in [-0.15, -0.1) is 4.40 Å². The minimum Gasteiger partial charge on any atom is -0.454 e. The second-order valence-corrected chi connectivity index (χ2v) is 9.35. The fourth-order valence-corrected chi connectivity index (χ4v) is 5.61. The lowest BCUT2D eigenvalue weighted by atomic mass is 10.1. The van der Waals surface area contributed by atoms with Gasteiger partial charge >= 0.3 is 0 Å². The van der Waals surface area contributed by atoms with Crippen molar-refractivity contribution in [1.29, 1.82) is 0 Å². The first-order chi connectivity index (χ1) is 15.0. The van der Waals surface area contributed by atoms with E-state index in [0.717, 1.165) is 12.0 Å². The van der Waals surface area contributed by atoms with Gasteiger partial charge in [0.1, 0.15) is 10.9 Å². The van der Waals surface area contributed by atoms with Gasteiger partial charge in [-0.05, 0) is 49.6 Å². The Balaban J connectivity index is 1.39. The molecule has 1 atom stereocenters. The van der Waals surface area contributed by atoms with Crippen molar-refractivity contribution in [2.75, 3.05) is 19.9 Å². The minimum atomic E-state index is -3.73. The summed E-state index contributed by atoms with van der Waals surface area (Å²) in [5, 5.41) is 0. The molecule has 0 radical (unpaired) electrons. The van der Waals surface area contributed by atoms with Gasteiger partial charge < -0.3 is 19.3 Å². The van der Waals surface area contributed by atoms with Crippen molar-refractivity contribution in [2.24, 2.45) is 4.40 Å². The highest BCUT2D eigenvalue weighted by Crippen LogP contribution is 2.34. The fraction of sp³-hybridized carbons (Fsp3) is 0.364. The lowest BCUT2D eigenvalue weighted by molar-refractivity contribution is -0.135. The Hall–Kier alpha value is -3.07. The summed E-state index contributed by atoms with van der Waals surface area (Å²) in [4.78, 5) is 17.3. The third-order valence-electron chi connectivity index (χ3n) is 5.93. The number of likely N-dealkylation sites (tertiary alicyclic amines) is 1. The standard InChI is InChI=1S/C22H23N3O5S/c1-2-24(13-15-9-10-18-19(12-15)30-14-29-18)22(26)17-7-5-11-25(17)21-16-6-3-4-8-20(16)31(27,28)23-21/h3-4,6,8-10,12,17H,2,5,7,11,13-14H2,1H3/t17-/m0/s1. The number of sulfonamides is 1. The Bertz CT molecular complexity index is 1180. The van der Waals surface area contributed by atoms with E-state index in [1.165, 1.54) is 0 Å². The van der Waals surface area contributed by atoms with E-state index in [0.29, 0.717) is 49.0 Å². The average Bonchev–Trinajstić information content (AvgIpc) is 3.49. The molecule has 0 aromatic heterocycles. The molecule has 5 rings (SSSR count). The summed E-state index contributed by atoms with van der Waals surface area (Å²) in [7, 11) is -3.73. The summed E-state index contributed by atoms with van der Waals surface area (Å²) >= 11 is 0. The number of nitrogens with zero attached hydrogens (tertiary/aromatic N) is 3. The first-order valence-electron chi connectivity index (χ1n) is 10.4. The fourth-order valence-electron chi connectivity index (χ4n) is 4.39. The summed E-state index contributed by atoms with van der Waals surface area (Å²) in [5.41, 5.74) is 1.52. The first kappa shape index (κ1) is 19.9. The van der Waals surface area contributed by atoms with Crippen molar-refractivity contribution in [1.82, 2.24) is 9.80 Å². The van der Waals surface area contributed by atoms with E-state index in [-0.39, 0.29) is 17.6 Å². The molecule has 2 aromatic rings. The Morgan fingerprint density at radius 3 is 2.84 bits per heavy atom. The van der Waals surface area contributed by atoms with E-state index in [1.807, 2.05) is 30.0 Å². The SMILES string of the molecule is CCN(Cc1ccc2c(c1)OCO2)C(=O)[C@@H]1CCCN1C1=NS(=O)(=O)c2ccccc21. The third kappa shape index (κ3) is 3.42.